The topological polar surface area (TPSA) is 65.0 Å². The summed E-state index contributed by atoms with van der Waals surface area (Å²) >= 11 is 0. The second kappa shape index (κ2) is 16.7. The van der Waals surface area contributed by atoms with Crippen LogP contribution in [0.1, 0.15) is 68.2 Å². The molecule has 3 atom stereocenters. The van der Waals surface area contributed by atoms with E-state index in [1.165, 1.54) is 18.7 Å². The summed E-state index contributed by atoms with van der Waals surface area (Å²) in [7, 11) is 1.37. The molecule has 0 bridgehead atoms. The van der Waals surface area contributed by atoms with E-state index < -0.39 is 0 Å². The molecule has 1 N–H and O–H groups in total. The highest BCUT2D eigenvalue weighted by Crippen LogP contribution is 2.34. The molecule has 0 saturated heterocycles. The average Bonchev–Trinajstić information content (AvgIpc) is 2.91. The summed E-state index contributed by atoms with van der Waals surface area (Å²) < 4.78 is 30.3. The molecule has 0 fully saturated rings. The quantitative estimate of drug-likeness (QED) is 0.131. The van der Waals surface area contributed by atoms with Crippen molar-refractivity contribution in [3.05, 3.63) is 95.2 Å². The number of halogens is 1. The Bertz CT molecular complexity index is 1160. The summed E-state index contributed by atoms with van der Waals surface area (Å²) in [6.07, 6.45) is 9.26. The van der Waals surface area contributed by atoms with Crippen molar-refractivity contribution in [2.24, 2.45) is 5.92 Å². The van der Waals surface area contributed by atoms with Gasteiger partial charge in [0, 0.05) is 12.5 Å². The van der Waals surface area contributed by atoms with Crippen LogP contribution in [0.3, 0.4) is 0 Å². The fraction of sp³-hybridized carbons (Fsp3) is 0.441. The van der Waals surface area contributed by atoms with E-state index in [0.717, 1.165) is 40.7 Å². The molecule has 2 rings (SSSR count). The molecule has 40 heavy (non-hydrogen) atoms. The van der Waals surface area contributed by atoms with Crippen molar-refractivity contribution in [3.63, 3.8) is 0 Å². The van der Waals surface area contributed by atoms with Crippen LogP contribution in [-0.4, -0.2) is 37.5 Å². The highest BCUT2D eigenvalue weighted by Gasteiger charge is 2.16. The lowest BCUT2D eigenvalue weighted by molar-refractivity contribution is -0.141. The summed E-state index contributed by atoms with van der Waals surface area (Å²) in [5.41, 5.74) is 6.64. The van der Waals surface area contributed by atoms with Crippen molar-refractivity contribution in [2.45, 2.75) is 72.3 Å². The number of aryl methyl sites for hydroxylation is 3. The number of ether oxygens (including phenoxy) is 3. The summed E-state index contributed by atoms with van der Waals surface area (Å²) in [6.45, 7) is 14.6. The lowest BCUT2D eigenvalue weighted by Gasteiger charge is -2.19. The molecule has 0 aromatic heterocycles. The first-order valence-corrected chi connectivity index (χ1v) is 13.9. The van der Waals surface area contributed by atoms with Gasteiger partial charge in [0.2, 0.25) is 0 Å². The molecule has 3 unspecified atom stereocenters. The first-order valence-electron chi connectivity index (χ1n) is 13.9. The number of aliphatic hydroxyl groups excluding tert-OH is 1. The van der Waals surface area contributed by atoms with Crippen LogP contribution in [0, 0.1) is 25.6 Å². The normalized spacial score (nSPS) is 13.8. The molecule has 0 radical (unpaired) electrons. The van der Waals surface area contributed by atoms with E-state index >= 15 is 0 Å². The van der Waals surface area contributed by atoms with Crippen LogP contribution >= 0.6 is 0 Å². The van der Waals surface area contributed by atoms with Gasteiger partial charge in [-0.05, 0) is 104 Å². The fourth-order valence-electron chi connectivity index (χ4n) is 4.62. The maximum atomic E-state index is 14.3. The largest absolute Gasteiger partial charge is 0.498 e. The van der Waals surface area contributed by atoms with Gasteiger partial charge >= 0.3 is 5.97 Å². The average molecular weight is 553 g/mol. The van der Waals surface area contributed by atoms with Crippen LogP contribution in [0.4, 0.5) is 4.39 Å². The third-order valence-corrected chi connectivity index (χ3v) is 6.92. The minimum absolute atomic E-state index is 0.0312. The molecule has 6 heteroatoms. The summed E-state index contributed by atoms with van der Waals surface area (Å²) in [4.78, 5) is 11.3. The van der Waals surface area contributed by atoms with Crippen LogP contribution < -0.4 is 0 Å². The fourth-order valence-corrected chi connectivity index (χ4v) is 4.62. The smallest absolute Gasteiger partial charge is 0.305 e. The van der Waals surface area contributed by atoms with Crippen LogP contribution in [-0.2, 0) is 25.4 Å². The molecule has 5 nitrogen and oxygen atoms in total. The number of methoxy groups -OCH3 is 1. The van der Waals surface area contributed by atoms with Gasteiger partial charge in [-0.2, -0.15) is 0 Å². The van der Waals surface area contributed by atoms with Gasteiger partial charge in [-0.25, -0.2) is 4.39 Å². The maximum Gasteiger partial charge on any atom is 0.305 e. The van der Waals surface area contributed by atoms with E-state index in [1.807, 2.05) is 19.9 Å². The predicted octanol–water partition coefficient (Wildman–Crippen LogP) is 7.73. The Labute approximate surface area is 239 Å². The zero-order valence-electron chi connectivity index (χ0n) is 24.8. The van der Waals surface area contributed by atoms with E-state index in [4.69, 9.17) is 9.47 Å². The Balaban J connectivity index is 1.95. The van der Waals surface area contributed by atoms with Crippen LogP contribution in [0.2, 0.25) is 0 Å². The van der Waals surface area contributed by atoms with Crippen LogP contribution in [0.5, 0.6) is 0 Å². The monoisotopic (exact) mass is 552 g/mol. The molecule has 0 amide bonds. The number of allylic oxidation sites excluding steroid dienone is 3. The minimum Gasteiger partial charge on any atom is -0.498 e. The first-order chi connectivity index (χ1) is 19.0. The van der Waals surface area contributed by atoms with E-state index in [0.29, 0.717) is 25.2 Å². The Hall–Kier alpha value is -3.38. The summed E-state index contributed by atoms with van der Waals surface area (Å²) in [6, 6.07) is 9.38. The number of esters is 1. The number of hydrogen-bond donors (Lipinski definition) is 1. The van der Waals surface area contributed by atoms with E-state index in [-0.39, 0.29) is 36.3 Å². The van der Waals surface area contributed by atoms with Crippen molar-refractivity contribution in [1.29, 1.82) is 0 Å². The molecule has 0 spiro atoms. The summed E-state index contributed by atoms with van der Waals surface area (Å²) in [5, 5.41) is 9.33. The molecule has 218 valence electrons. The highest BCUT2D eigenvalue weighted by molar-refractivity contribution is 5.74. The molecule has 2 aromatic rings. The van der Waals surface area contributed by atoms with Crippen molar-refractivity contribution < 1.29 is 28.5 Å². The second-order valence-electron chi connectivity index (χ2n) is 10.6. The third-order valence-electron chi connectivity index (χ3n) is 6.92. The SMILES string of the molecule is C=C(C=CC=COC(C)CCc1cc(F)ccc1-c1c(C)cc(C(C)CCO)cc1C)OCC(C)CC(=O)OC. The van der Waals surface area contributed by atoms with Gasteiger partial charge in [0.05, 0.1) is 32.5 Å². The first kappa shape index (κ1) is 32.8. The molecule has 0 aliphatic rings. The molecule has 0 heterocycles. The Morgan fingerprint density at radius 2 is 1.77 bits per heavy atom. The van der Waals surface area contributed by atoms with Gasteiger partial charge in [0.1, 0.15) is 11.6 Å². The Morgan fingerprint density at radius 3 is 2.42 bits per heavy atom. The number of carbonyl (C=O) groups is 1. The van der Waals surface area contributed by atoms with Gasteiger partial charge in [0.15, 0.2) is 0 Å². The van der Waals surface area contributed by atoms with Gasteiger partial charge in [-0.3, -0.25) is 4.79 Å². The molecular formula is C34H45FO5. The molecule has 0 saturated carbocycles. The van der Waals surface area contributed by atoms with Crippen molar-refractivity contribution in [2.75, 3.05) is 20.3 Å². The summed E-state index contributed by atoms with van der Waals surface area (Å²) in [5.74, 6) is 0.294. The second-order valence-corrected chi connectivity index (χ2v) is 10.6. The number of aliphatic hydroxyl groups is 1. The number of carbonyl (C=O) groups excluding carboxylic acids is 1. The van der Waals surface area contributed by atoms with E-state index in [1.54, 1.807) is 30.6 Å². The van der Waals surface area contributed by atoms with Crippen molar-refractivity contribution in [3.8, 4) is 11.1 Å². The Kier molecular flexibility index (Phi) is 13.7. The van der Waals surface area contributed by atoms with E-state index in [2.05, 4.69) is 44.2 Å². The van der Waals surface area contributed by atoms with E-state index in [9.17, 15) is 14.3 Å². The predicted molar refractivity (Wildman–Crippen MR) is 159 cm³/mol. The lowest BCUT2D eigenvalue weighted by Crippen LogP contribution is -2.12. The lowest BCUT2D eigenvalue weighted by atomic mass is 9.86. The van der Waals surface area contributed by atoms with Gasteiger partial charge in [-0.1, -0.05) is 44.7 Å². The van der Waals surface area contributed by atoms with Crippen LogP contribution in [0.15, 0.2) is 67.2 Å². The van der Waals surface area contributed by atoms with Crippen LogP contribution in [0.25, 0.3) is 11.1 Å². The molecular weight excluding hydrogens is 507 g/mol. The number of hydrogen-bond acceptors (Lipinski definition) is 5. The Morgan fingerprint density at radius 1 is 1.07 bits per heavy atom. The highest BCUT2D eigenvalue weighted by atomic mass is 19.1. The van der Waals surface area contributed by atoms with Crippen molar-refractivity contribution >= 4 is 5.97 Å². The molecule has 2 aromatic carbocycles. The van der Waals surface area contributed by atoms with Gasteiger partial charge in [-0.15, -0.1) is 0 Å². The molecule has 0 aliphatic carbocycles. The standard InChI is InChI=1S/C34H45FO5/c1-23(18-33(37)38-7)22-40-27(5)10-8-9-17-39-28(6)11-12-29-21-31(35)13-14-32(29)34-25(3)19-30(20-26(34)4)24(2)15-16-36/h8-10,13-14,17,19-21,23-24,28,36H,5,11-12,15-16,18,22H2,1-4,6-7H3. The minimum atomic E-state index is -0.260. The van der Waals surface area contributed by atoms with Gasteiger partial charge < -0.3 is 19.3 Å². The number of benzene rings is 2. The maximum absolute atomic E-state index is 14.3. The van der Waals surface area contributed by atoms with Crippen molar-refractivity contribution in [1.82, 2.24) is 0 Å². The third kappa shape index (κ3) is 10.6. The molecule has 0 aliphatic heterocycles. The number of rotatable bonds is 16. The van der Waals surface area contributed by atoms with Gasteiger partial charge in [0.25, 0.3) is 0 Å². The zero-order valence-corrected chi connectivity index (χ0v) is 24.8. The zero-order chi connectivity index (χ0) is 29.7.